The number of alkyl carbamates (subject to hydrolysis) is 1. The lowest BCUT2D eigenvalue weighted by atomic mass is 10.1. The van der Waals surface area contributed by atoms with E-state index in [1.165, 1.54) is 12.1 Å². The number of nitrogens with one attached hydrogen (secondary N) is 1. The minimum atomic E-state index is -0.562. The van der Waals surface area contributed by atoms with Crippen LogP contribution in [0.4, 0.5) is 16.2 Å². The Kier molecular flexibility index (Phi) is 6.99. The molecule has 1 amide bonds. The first-order chi connectivity index (χ1) is 12.5. The van der Waals surface area contributed by atoms with E-state index in [9.17, 15) is 14.9 Å². The van der Waals surface area contributed by atoms with Gasteiger partial charge < -0.3 is 15.8 Å². The van der Waals surface area contributed by atoms with Crippen LogP contribution in [-0.2, 0) is 11.3 Å². The van der Waals surface area contributed by atoms with E-state index >= 15 is 0 Å². The summed E-state index contributed by atoms with van der Waals surface area (Å²) in [5.74, 6) is 0. The number of ether oxygens (including phenoxy) is 1. The molecule has 7 nitrogen and oxygen atoms in total. The first kappa shape index (κ1) is 19.3. The standard InChI is InChI=1S/C18H18ClN3O4/c19-15-11-16(20)17(22(24)25)10-14(15)8-4-5-9-21-18(23)26-12-13-6-2-1-3-7-13/h1-4,6-8,10-11H,5,9,12,20H2,(H,21,23). The molecule has 0 aromatic heterocycles. The molecule has 0 aliphatic heterocycles. The number of hydrogen-bond donors (Lipinski definition) is 2. The lowest BCUT2D eigenvalue weighted by Crippen LogP contribution is -2.24. The van der Waals surface area contributed by atoms with E-state index < -0.39 is 11.0 Å². The Morgan fingerprint density at radius 1 is 1.31 bits per heavy atom. The number of amides is 1. The molecule has 2 rings (SSSR count). The largest absolute Gasteiger partial charge is 0.445 e. The Bertz CT molecular complexity index is 810. The van der Waals surface area contributed by atoms with Crippen molar-refractivity contribution in [1.29, 1.82) is 0 Å². The maximum atomic E-state index is 11.6. The third kappa shape index (κ3) is 5.78. The summed E-state index contributed by atoms with van der Waals surface area (Å²) in [5.41, 5.74) is 6.77. The summed E-state index contributed by atoms with van der Waals surface area (Å²) in [6, 6.07) is 12.0. The molecule has 0 fully saturated rings. The number of anilines is 1. The smallest absolute Gasteiger partial charge is 0.407 e. The van der Waals surface area contributed by atoms with Gasteiger partial charge in [-0.25, -0.2) is 4.79 Å². The zero-order valence-electron chi connectivity index (χ0n) is 13.9. The number of nitrogens with zero attached hydrogens (tertiary/aromatic N) is 1. The van der Waals surface area contributed by atoms with Crippen molar-refractivity contribution in [3.8, 4) is 0 Å². The Morgan fingerprint density at radius 3 is 2.73 bits per heavy atom. The average Bonchev–Trinajstić information content (AvgIpc) is 2.61. The zero-order chi connectivity index (χ0) is 18.9. The number of benzene rings is 2. The molecule has 3 N–H and O–H groups in total. The van der Waals surface area contributed by atoms with E-state index in [-0.39, 0.29) is 18.0 Å². The summed E-state index contributed by atoms with van der Waals surface area (Å²) in [6.07, 6.45) is 3.39. The number of nitrogens with two attached hydrogens (primary N) is 1. The Labute approximate surface area is 155 Å². The van der Waals surface area contributed by atoms with E-state index in [2.05, 4.69) is 5.32 Å². The van der Waals surface area contributed by atoms with Crippen molar-refractivity contribution in [3.63, 3.8) is 0 Å². The van der Waals surface area contributed by atoms with Crippen molar-refractivity contribution in [2.24, 2.45) is 0 Å². The van der Waals surface area contributed by atoms with Gasteiger partial charge in [-0.05, 0) is 23.6 Å². The van der Waals surface area contributed by atoms with Crippen LogP contribution in [0.1, 0.15) is 17.5 Å². The normalized spacial score (nSPS) is 10.7. The minimum absolute atomic E-state index is 0.0139. The van der Waals surface area contributed by atoms with Crippen molar-refractivity contribution in [3.05, 3.63) is 74.8 Å². The molecular weight excluding hydrogens is 358 g/mol. The molecule has 2 aromatic rings. The molecule has 0 saturated heterocycles. The van der Waals surface area contributed by atoms with Gasteiger partial charge in [0, 0.05) is 12.6 Å². The molecule has 0 aliphatic carbocycles. The van der Waals surface area contributed by atoms with Crippen molar-refractivity contribution in [1.82, 2.24) is 5.32 Å². The second kappa shape index (κ2) is 9.43. The third-order valence-electron chi connectivity index (χ3n) is 3.43. The molecule has 0 radical (unpaired) electrons. The van der Waals surface area contributed by atoms with Crippen molar-refractivity contribution in [2.75, 3.05) is 12.3 Å². The zero-order valence-corrected chi connectivity index (χ0v) is 14.6. The highest BCUT2D eigenvalue weighted by Gasteiger charge is 2.13. The molecule has 0 atom stereocenters. The van der Waals surface area contributed by atoms with Crippen LogP contribution in [0.3, 0.4) is 0 Å². The van der Waals surface area contributed by atoms with Crippen LogP contribution in [0.25, 0.3) is 6.08 Å². The van der Waals surface area contributed by atoms with Crippen LogP contribution < -0.4 is 11.1 Å². The lowest BCUT2D eigenvalue weighted by Gasteiger charge is -2.06. The van der Waals surface area contributed by atoms with Crippen molar-refractivity contribution >= 4 is 35.1 Å². The van der Waals surface area contributed by atoms with Crippen LogP contribution in [0.2, 0.25) is 5.02 Å². The topological polar surface area (TPSA) is 107 Å². The van der Waals surface area contributed by atoms with Crippen LogP contribution >= 0.6 is 11.6 Å². The predicted molar refractivity (Wildman–Crippen MR) is 101 cm³/mol. The number of carbonyl (C=O) groups excluding carboxylic acids is 1. The summed E-state index contributed by atoms with van der Waals surface area (Å²) in [5, 5.41) is 13.8. The van der Waals surface area contributed by atoms with E-state index in [4.69, 9.17) is 22.1 Å². The predicted octanol–water partition coefficient (Wildman–Crippen LogP) is 4.16. The molecule has 0 heterocycles. The quantitative estimate of drug-likeness (QED) is 0.327. The highest BCUT2D eigenvalue weighted by Crippen LogP contribution is 2.29. The number of carbonyl (C=O) groups is 1. The Morgan fingerprint density at radius 2 is 2.04 bits per heavy atom. The summed E-state index contributed by atoms with van der Waals surface area (Å²) in [6.45, 7) is 0.562. The summed E-state index contributed by atoms with van der Waals surface area (Å²) >= 11 is 6.03. The molecule has 0 saturated carbocycles. The van der Waals surface area contributed by atoms with E-state index in [0.717, 1.165) is 5.56 Å². The maximum absolute atomic E-state index is 11.6. The highest BCUT2D eigenvalue weighted by molar-refractivity contribution is 6.32. The molecule has 0 aliphatic rings. The summed E-state index contributed by atoms with van der Waals surface area (Å²) < 4.78 is 5.08. The number of halogens is 1. The number of rotatable bonds is 7. The molecule has 8 heteroatoms. The van der Waals surface area contributed by atoms with Crippen LogP contribution in [0, 0.1) is 10.1 Å². The average molecular weight is 376 g/mol. The number of hydrogen-bond acceptors (Lipinski definition) is 5. The fraction of sp³-hybridized carbons (Fsp3) is 0.167. The summed E-state index contributed by atoms with van der Waals surface area (Å²) in [4.78, 5) is 21.9. The van der Waals surface area contributed by atoms with Gasteiger partial charge in [0.1, 0.15) is 12.3 Å². The molecule has 2 aromatic carbocycles. The second-order valence-electron chi connectivity index (χ2n) is 5.37. The summed E-state index contributed by atoms with van der Waals surface area (Å²) in [7, 11) is 0. The number of nitro groups is 1. The molecule has 26 heavy (non-hydrogen) atoms. The first-order valence-corrected chi connectivity index (χ1v) is 8.19. The molecule has 0 unspecified atom stereocenters. The van der Waals surface area contributed by atoms with Gasteiger partial charge in [0.2, 0.25) is 0 Å². The molecular formula is C18H18ClN3O4. The first-order valence-electron chi connectivity index (χ1n) is 7.82. The highest BCUT2D eigenvalue weighted by atomic mass is 35.5. The minimum Gasteiger partial charge on any atom is -0.445 e. The third-order valence-corrected chi connectivity index (χ3v) is 3.76. The van der Waals surface area contributed by atoms with E-state index in [1.54, 1.807) is 12.2 Å². The van der Waals surface area contributed by atoms with Gasteiger partial charge in [0.15, 0.2) is 0 Å². The second-order valence-corrected chi connectivity index (χ2v) is 5.78. The van der Waals surface area contributed by atoms with Gasteiger partial charge in [-0.15, -0.1) is 0 Å². The fourth-order valence-electron chi connectivity index (χ4n) is 2.12. The molecule has 136 valence electrons. The van der Waals surface area contributed by atoms with Gasteiger partial charge in [0.05, 0.1) is 9.95 Å². The van der Waals surface area contributed by atoms with Crippen LogP contribution in [-0.4, -0.2) is 17.6 Å². The number of nitro benzene ring substituents is 1. The van der Waals surface area contributed by atoms with Gasteiger partial charge in [-0.3, -0.25) is 10.1 Å². The maximum Gasteiger partial charge on any atom is 0.407 e. The van der Waals surface area contributed by atoms with Crippen LogP contribution in [0.5, 0.6) is 0 Å². The van der Waals surface area contributed by atoms with Crippen LogP contribution in [0.15, 0.2) is 48.5 Å². The number of nitrogen functional groups attached to an aromatic ring is 1. The lowest BCUT2D eigenvalue weighted by molar-refractivity contribution is -0.383. The SMILES string of the molecule is Nc1cc(Cl)c(C=CCCNC(=O)OCc2ccccc2)cc1[N+](=O)[O-]. The van der Waals surface area contributed by atoms with Gasteiger partial charge >= 0.3 is 6.09 Å². The van der Waals surface area contributed by atoms with Gasteiger partial charge in [0.25, 0.3) is 5.69 Å². The monoisotopic (exact) mass is 375 g/mol. The molecule has 0 bridgehead atoms. The van der Waals surface area contributed by atoms with Crippen molar-refractivity contribution < 1.29 is 14.5 Å². The molecule has 0 spiro atoms. The van der Waals surface area contributed by atoms with Gasteiger partial charge in [-0.2, -0.15) is 0 Å². The Balaban J connectivity index is 1.78. The Hall–Kier alpha value is -3.06. The van der Waals surface area contributed by atoms with E-state index in [1.807, 2.05) is 30.3 Å². The van der Waals surface area contributed by atoms with Crippen molar-refractivity contribution in [2.45, 2.75) is 13.0 Å². The fourth-order valence-corrected chi connectivity index (χ4v) is 2.36. The van der Waals surface area contributed by atoms with E-state index in [0.29, 0.717) is 23.6 Å². The van der Waals surface area contributed by atoms with Gasteiger partial charge in [-0.1, -0.05) is 54.1 Å².